The number of hydrogen-bond donors (Lipinski definition) is 0. The molecule has 0 aliphatic rings. The highest BCUT2D eigenvalue weighted by molar-refractivity contribution is 6.00. The molecule has 12 heavy (non-hydrogen) atoms. The van der Waals surface area contributed by atoms with Crippen molar-refractivity contribution in [2.75, 3.05) is 0 Å². The van der Waals surface area contributed by atoms with Gasteiger partial charge in [0, 0.05) is 6.92 Å². The number of carbonyl (C=O) groups excluding carboxylic acids is 1. The lowest BCUT2D eigenvalue weighted by molar-refractivity contribution is -0.197. The molecule has 0 saturated heterocycles. The molecule has 0 rings (SSSR count). The number of carbonyl (C=O) groups is 1. The molecule has 0 aliphatic carbocycles. The Kier molecular flexibility index (Phi) is 2.67. The van der Waals surface area contributed by atoms with Gasteiger partial charge < -0.3 is 0 Å². The number of ketones is 1. The molecule has 0 saturated carbocycles. The van der Waals surface area contributed by atoms with Crippen LogP contribution in [0.4, 0.5) is 17.6 Å². The van der Waals surface area contributed by atoms with Crippen LogP contribution in [0.15, 0.2) is 12.2 Å². The molecule has 1 nitrogen and oxygen atoms in total. The normalized spacial score (nSPS) is 12.8. The highest BCUT2D eigenvalue weighted by atomic mass is 19.3. The Morgan fingerprint density at radius 1 is 1.25 bits per heavy atom. The van der Waals surface area contributed by atoms with E-state index in [-0.39, 0.29) is 6.92 Å². The topological polar surface area (TPSA) is 17.1 Å². The molecule has 0 aliphatic heterocycles. The molecule has 70 valence electrons. The van der Waals surface area contributed by atoms with E-state index in [9.17, 15) is 22.4 Å². The Morgan fingerprint density at radius 3 is 1.67 bits per heavy atom. The van der Waals surface area contributed by atoms with Crippen molar-refractivity contribution in [1.29, 1.82) is 0 Å². The van der Waals surface area contributed by atoms with Crippen LogP contribution in [-0.2, 0) is 4.79 Å². The van der Waals surface area contributed by atoms with Crippen molar-refractivity contribution in [1.82, 2.24) is 0 Å². The number of hydrogen-bond acceptors (Lipinski definition) is 1. The Balaban J connectivity index is 4.87. The van der Waals surface area contributed by atoms with E-state index in [0.29, 0.717) is 0 Å². The zero-order valence-electron chi connectivity index (χ0n) is 6.63. The minimum absolute atomic E-state index is 0.00611. The summed E-state index contributed by atoms with van der Waals surface area (Å²) < 4.78 is 49.0. The van der Waals surface area contributed by atoms with E-state index >= 15 is 0 Å². The molecule has 0 atom stereocenters. The summed E-state index contributed by atoms with van der Waals surface area (Å²) in [6.45, 7) is 3.83. The Morgan fingerprint density at radius 2 is 1.58 bits per heavy atom. The van der Waals surface area contributed by atoms with Crippen LogP contribution in [0.2, 0.25) is 0 Å². The summed E-state index contributed by atoms with van der Waals surface area (Å²) in [5, 5.41) is 0. The van der Waals surface area contributed by atoms with E-state index in [2.05, 4.69) is 6.58 Å². The van der Waals surface area contributed by atoms with Gasteiger partial charge in [-0.25, -0.2) is 0 Å². The van der Waals surface area contributed by atoms with E-state index in [1.165, 1.54) is 0 Å². The highest BCUT2D eigenvalue weighted by Gasteiger charge is 2.58. The fraction of sp³-hybridized carbons (Fsp3) is 0.571. The van der Waals surface area contributed by atoms with Gasteiger partial charge in [0.05, 0.1) is 0 Å². The number of rotatable bonds is 3. The third kappa shape index (κ3) is 1.84. The van der Waals surface area contributed by atoms with Crippen molar-refractivity contribution < 1.29 is 22.4 Å². The molecule has 0 radical (unpaired) electrons. The summed E-state index contributed by atoms with van der Waals surface area (Å²) >= 11 is 0. The molecule has 5 heteroatoms. The third-order valence-corrected chi connectivity index (χ3v) is 1.22. The second-order valence-electron chi connectivity index (χ2n) is 2.57. The fourth-order valence-electron chi connectivity index (χ4n) is 0.467. The molecule has 0 spiro atoms. The second-order valence-corrected chi connectivity index (χ2v) is 2.57. The summed E-state index contributed by atoms with van der Waals surface area (Å²) in [6.07, 6.45) is 0. The van der Waals surface area contributed by atoms with Gasteiger partial charge in [-0.2, -0.15) is 17.6 Å². The smallest absolute Gasteiger partial charge is 0.288 e. The Labute approximate surface area is 67.1 Å². The quantitative estimate of drug-likeness (QED) is 0.486. The lowest BCUT2D eigenvalue weighted by atomic mass is 10.0. The molecule has 0 fully saturated rings. The molecular formula is C7H8F4O. The Hall–Kier alpha value is -0.870. The first-order chi connectivity index (χ1) is 5.10. The van der Waals surface area contributed by atoms with Crippen LogP contribution in [0, 0.1) is 0 Å². The zero-order chi connectivity index (χ0) is 10.2. The molecule has 0 amide bonds. The SMILES string of the molecule is C=C(C)C(=O)C(F)(F)C(C)(F)F. The minimum Gasteiger partial charge on any atom is -0.288 e. The summed E-state index contributed by atoms with van der Waals surface area (Å²) in [5.41, 5.74) is -0.582. The van der Waals surface area contributed by atoms with Crippen LogP contribution in [-0.4, -0.2) is 17.6 Å². The maximum Gasteiger partial charge on any atom is 0.370 e. The second kappa shape index (κ2) is 2.88. The predicted molar refractivity (Wildman–Crippen MR) is 35.4 cm³/mol. The van der Waals surface area contributed by atoms with Crippen LogP contribution >= 0.6 is 0 Å². The van der Waals surface area contributed by atoms with E-state index in [0.717, 1.165) is 6.92 Å². The van der Waals surface area contributed by atoms with E-state index < -0.39 is 23.2 Å². The van der Waals surface area contributed by atoms with Gasteiger partial charge in [0.15, 0.2) is 0 Å². The maximum absolute atomic E-state index is 12.4. The molecule has 0 aromatic rings. The van der Waals surface area contributed by atoms with Crippen molar-refractivity contribution in [3.63, 3.8) is 0 Å². The van der Waals surface area contributed by atoms with Gasteiger partial charge in [-0.3, -0.25) is 4.79 Å². The van der Waals surface area contributed by atoms with Crippen molar-refractivity contribution >= 4 is 5.78 Å². The van der Waals surface area contributed by atoms with Crippen molar-refractivity contribution in [2.45, 2.75) is 25.7 Å². The van der Waals surface area contributed by atoms with E-state index in [4.69, 9.17) is 0 Å². The summed E-state index contributed by atoms with van der Waals surface area (Å²) in [6, 6.07) is 0. The van der Waals surface area contributed by atoms with Crippen LogP contribution in [0.25, 0.3) is 0 Å². The third-order valence-electron chi connectivity index (χ3n) is 1.22. The lowest BCUT2D eigenvalue weighted by Gasteiger charge is -2.21. The average molecular weight is 184 g/mol. The number of allylic oxidation sites excluding steroid dienone is 1. The van der Waals surface area contributed by atoms with Crippen molar-refractivity contribution in [2.24, 2.45) is 0 Å². The van der Waals surface area contributed by atoms with Gasteiger partial charge in [0.25, 0.3) is 0 Å². The summed E-state index contributed by atoms with van der Waals surface area (Å²) in [7, 11) is 0. The van der Waals surface area contributed by atoms with Crippen LogP contribution in [0.5, 0.6) is 0 Å². The Bertz CT molecular complexity index is 214. The number of alkyl halides is 4. The highest BCUT2D eigenvalue weighted by Crippen LogP contribution is 2.35. The molecule has 0 bridgehead atoms. The van der Waals surface area contributed by atoms with Crippen LogP contribution < -0.4 is 0 Å². The minimum atomic E-state index is -4.65. The average Bonchev–Trinajstić information content (AvgIpc) is 1.83. The van der Waals surface area contributed by atoms with Crippen LogP contribution in [0.1, 0.15) is 13.8 Å². The first-order valence-corrected chi connectivity index (χ1v) is 3.06. The maximum atomic E-state index is 12.4. The first-order valence-electron chi connectivity index (χ1n) is 3.06. The monoisotopic (exact) mass is 184 g/mol. The van der Waals surface area contributed by atoms with Gasteiger partial charge in [-0.1, -0.05) is 6.58 Å². The lowest BCUT2D eigenvalue weighted by Crippen LogP contribution is -2.45. The number of Topliss-reactive ketones (excluding diaryl/α,β-unsaturated/α-hetero) is 1. The first kappa shape index (κ1) is 11.1. The molecule has 0 aromatic heterocycles. The summed E-state index contributed by atoms with van der Waals surface area (Å²) in [5.74, 6) is -10.9. The molecule has 0 N–H and O–H groups in total. The van der Waals surface area contributed by atoms with Gasteiger partial charge in [0.1, 0.15) is 0 Å². The predicted octanol–water partition coefficient (Wildman–Crippen LogP) is 2.42. The standard InChI is InChI=1S/C7H8F4O/c1-4(2)5(12)7(10,11)6(3,8)9/h1H2,2-3H3. The van der Waals surface area contributed by atoms with Gasteiger partial charge in [0.2, 0.25) is 5.78 Å². The van der Waals surface area contributed by atoms with Crippen molar-refractivity contribution in [3.05, 3.63) is 12.2 Å². The molecule has 0 heterocycles. The van der Waals surface area contributed by atoms with Gasteiger partial charge in [-0.15, -0.1) is 0 Å². The number of halogens is 4. The van der Waals surface area contributed by atoms with Gasteiger partial charge >= 0.3 is 11.8 Å². The molecule has 0 aromatic carbocycles. The fourth-order valence-corrected chi connectivity index (χ4v) is 0.467. The van der Waals surface area contributed by atoms with E-state index in [1.807, 2.05) is 0 Å². The summed E-state index contributed by atoms with van der Waals surface area (Å²) in [4.78, 5) is 10.5. The van der Waals surface area contributed by atoms with Gasteiger partial charge in [-0.05, 0) is 12.5 Å². The van der Waals surface area contributed by atoms with Crippen LogP contribution in [0.3, 0.4) is 0 Å². The zero-order valence-corrected chi connectivity index (χ0v) is 6.63. The largest absolute Gasteiger partial charge is 0.370 e. The van der Waals surface area contributed by atoms with Crippen molar-refractivity contribution in [3.8, 4) is 0 Å². The molecule has 0 unspecified atom stereocenters. The van der Waals surface area contributed by atoms with E-state index in [1.54, 1.807) is 0 Å². The molecular weight excluding hydrogens is 176 g/mol.